The van der Waals surface area contributed by atoms with Crippen LogP contribution in [0.3, 0.4) is 0 Å². The van der Waals surface area contributed by atoms with Gasteiger partial charge in [-0.15, -0.1) is 11.3 Å². The van der Waals surface area contributed by atoms with Crippen LogP contribution in [0.2, 0.25) is 0 Å². The molecule has 3 rings (SSSR count). The molecule has 0 radical (unpaired) electrons. The summed E-state index contributed by atoms with van der Waals surface area (Å²) >= 11 is 1.53. The maximum atomic E-state index is 13.0. The molecule has 9 heteroatoms. The van der Waals surface area contributed by atoms with Gasteiger partial charge >= 0.3 is 0 Å². The van der Waals surface area contributed by atoms with Crippen LogP contribution in [0.5, 0.6) is 5.75 Å². The normalized spacial score (nSPS) is 14.9. The SMILES string of the molecule is CCOc1ccc(NC(=O)Cc2csc(CC)n2)cc1S(=O)(=O)N1CCCC1. The molecule has 28 heavy (non-hydrogen) atoms. The number of anilines is 1. The molecule has 1 aliphatic heterocycles. The summed E-state index contributed by atoms with van der Waals surface area (Å²) < 4.78 is 33.0. The van der Waals surface area contributed by atoms with Crippen molar-refractivity contribution in [3.05, 3.63) is 34.3 Å². The van der Waals surface area contributed by atoms with Crippen molar-refractivity contribution >= 4 is 33.0 Å². The number of benzene rings is 1. The van der Waals surface area contributed by atoms with E-state index in [0.717, 1.165) is 30.0 Å². The highest BCUT2D eigenvalue weighted by atomic mass is 32.2. The first kappa shape index (κ1) is 20.8. The van der Waals surface area contributed by atoms with E-state index >= 15 is 0 Å². The number of hydrogen-bond donors (Lipinski definition) is 1. The number of carbonyl (C=O) groups is 1. The minimum Gasteiger partial charge on any atom is -0.492 e. The Morgan fingerprint density at radius 3 is 2.68 bits per heavy atom. The molecular weight excluding hydrogens is 398 g/mol. The summed E-state index contributed by atoms with van der Waals surface area (Å²) in [5, 5.41) is 5.64. The average Bonchev–Trinajstić information content (AvgIpc) is 3.35. The second-order valence-electron chi connectivity index (χ2n) is 6.52. The van der Waals surface area contributed by atoms with Gasteiger partial charge in [0.05, 0.1) is 23.7 Å². The Balaban J connectivity index is 1.80. The molecule has 1 N–H and O–H groups in total. The summed E-state index contributed by atoms with van der Waals surface area (Å²) in [6, 6.07) is 4.74. The Labute approximate surface area is 169 Å². The lowest BCUT2D eigenvalue weighted by molar-refractivity contribution is -0.115. The van der Waals surface area contributed by atoms with Crippen LogP contribution in [0, 0.1) is 0 Å². The number of nitrogens with zero attached hydrogens (tertiary/aromatic N) is 2. The molecule has 1 saturated heterocycles. The van der Waals surface area contributed by atoms with Crippen LogP contribution < -0.4 is 10.1 Å². The Morgan fingerprint density at radius 2 is 2.04 bits per heavy atom. The monoisotopic (exact) mass is 423 g/mol. The number of carbonyl (C=O) groups excluding carboxylic acids is 1. The Morgan fingerprint density at radius 1 is 1.29 bits per heavy atom. The van der Waals surface area contributed by atoms with Gasteiger partial charge in [0, 0.05) is 24.2 Å². The number of ether oxygens (including phenoxy) is 1. The highest BCUT2D eigenvalue weighted by Gasteiger charge is 2.30. The second kappa shape index (κ2) is 9.02. The molecule has 2 heterocycles. The van der Waals surface area contributed by atoms with E-state index in [0.29, 0.717) is 31.1 Å². The molecule has 152 valence electrons. The number of aromatic nitrogens is 1. The summed E-state index contributed by atoms with van der Waals surface area (Å²) in [5.41, 5.74) is 1.15. The van der Waals surface area contributed by atoms with E-state index in [1.807, 2.05) is 12.3 Å². The summed E-state index contributed by atoms with van der Waals surface area (Å²) in [6.07, 6.45) is 2.70. The molecule has 0 saturated carbocycles. The van der Waals surface area contributed by atoms with Crippen molar-refractivity contribution in [1.82, 2.24) is 9.29 Å². The predicted molar refractivity (Wildman–Crippen MR) is 109 cm³/mol. The molecular formula is C19H25N3O4S2. The van der Waals surface area contributed by atoms with E-state index in [4.69, 9.17) is 4.74 Å². The summed E-state index contributed by atoms with van der Waals surface area (Å²) in [5.74, 6) is 0.0705. The number of thiazole rings is 1. The van der Waals surface area contributed by atoms with Gasteiger partial charge in [-0.3, -0.25) is 4.79 Å². The minimum atomic E-state index is -3.66. The maximum absolute atomic E-state index is 13.0. The van der Waals surface area contributed by atoms with Crippen molar-refractivity contribution in [2.24, 2.45) is 0 Å². The Bertz CT molecular complexity index is 934. The fraction of sp³-hybridized carbons (Fsp3) is 0.474. The van der Waals surface area contributed by atoms with Crippen LogP contribution in [0.25, 0.3) is 0 Å². The van der Waals surface area contributed by atoms with Crippen molar-refractivity contribution in [2.45, 2.75) is 44.4 Å². The first-order valence-electron chi connectivity index (χ1n) is 9.44. The molecule has 0 atom stereocenters. The number of hydrogen-bond acceptors (Lipinski definition) is 6. The molecule has 0 unspecified atom stereocenters. The van der Waals surface area contributed by atoms with Crippen LogP contribution in [-0.4, -0.2) is 43.3 Å². The van der Waals surface area contributed by atoms with E-state index in [9.17, 15) is 13.2 Å². The quantitative estimate of drug-likeness (QED) is 0.705. The van der Waals surface area contributed by atoms with Gasteiger partial charge in [-0.1, -0.05) is 6.92 Å². The van der Waals surface area contributed by atoms with Crippen molar-refractivity contribution in [3.8, 4) is 5.75 Å². The smallest absolute Gasteiger partial charge is 0.246 e. The second-order valence-corrected chi connectivity index (χ2v) is 9.37. The standard InChI is InChI=1S/C19H25N3O4S2/c1-3-19-21-15(13-27-19)12-18(23)20-14-7-8-16(26-4-2)17(11-14)28(24,25)22-9-5-6-10-22/h7-8,11,13H,3-6,9-10,12H2,1-2H3,(H,20,23). The fourth-order valence-corrected chi connectivity index (χ4v) is 5.51. The molecule has 1 aromatic heterocycles. The minimum absolute atomic E-state index is 0.0935. The largest absolute Gasteiger partial charge is 0.492 e. The number of aryl methyl sites for hydroxylation is 1. The van der Waals surface area contributed by atoms with Crippen molar-refractivity contribution in [1.29, 1.82) is 0 Å². The van der Waals surface area contributed by atoms with Gasteiger partial charge < -0.3 is 10.1 Å². The van der Waals surface area contributed by atoms with E-state index in [1.165, 1.54) is 21.7 Å². The Kier molecular flexibility index (Phi) is 6.69. The number of sulfonamides is 1. The number of amides is 1. The number of nitrogens with one attached hydrogen (secondary N) is 1. The zero-order chi connectivity index (χ0) is 20.1. The van der Waals surface area contributed by atoms with Crippen molar-refractivity contribution in [2.75, 3.05) is 25.0 Å². The van der Waals surface area contributed by atoms with E-state index < -0.39 is 10.0 Å². The molecule has 0 spiro atoms. The molecule has 1 fully saturated rings. The first-order chi connectivity index (χ1) is 13.4. The van der Waals surface area contributed by atoms with E-state index in [-0.39, 0.29) is 17.2 Å². The lowest BCUT2D eigenvalue weighted by Crippen LogP contribution is -2.28. The fourth-order valence-electron chi connectivity index (χ4n) is 3.09. The van der Waals surface area contributed by atoms with Gasteiger partial charge in [0.1, 0.15) is 10.6 Å². The predicted octanol–water partition coefficient (Wildman–Crippen LogP) is 3.07. The maximum Gasteiger partial charge on any atom is 0.246 e. The zero-order valence-electron chi connectivity index (χ0n) is 16.1. The molecule has 0 bridgehead atoms. The average molecular weight is 424 g/mol. The topological polar surface area (TPSA) is 88.6 Å². The van der Waals surface area contributed by atoms with Gasteiger partial charge in [-0.2, -0.15) is 4.31 Å². The van der Waals surface area contributed by atoms with Gasteiger partial charge in [0.2, 0.25) is 15.9 Å². The van der Waals surface area contributed by atoms with Gasteiger partial charge in [-0.25, -0.2) is 13.4 Å². The highest BCUT2D eigenvalue weighted by molar-refractivity contribution is 7.89. The molecule has 7 nitrogen and oxygen atoms in total. The summed E-state index contributed by atoms with van der Waals surface area (Å²) in [7, 11) is -3.66. The van der Waals surface area contributed by atoms with Gasteiger partial charge in [0.25, 0.3) is 0 Å². The third kappa shape index (κ3) is 4.71. The molecule has 0 aliphatic carbocycles. The summed E-state index contributed by atoms with van der Waals surface area (Å²) in [4.78, 5) is 16.9. The zero-order valence-corrected chi connectivity index (χ0v) is 17.7. The lowest BCUT2D eigenvalue weighted by Gasteiger charge is -2.19. The molecule has 2 aromatic rings. The van der Waals surface area contributed by atoms with Crippen LogP contribution in [0.15, 0.2) is 28.5 Å². The van der Waals surface area contributed by atoms with Crippen LogP contribution in [-0.2, 0) is 27.7 Å². The van der Waals surface area contributed by atoms with Gasteiger partial charge in [-0.05, 0) is 44.4 Å². The van der Waals surface area contributed by atoms with Crippen LogP contribution in [0.4, 0.5) is 5.69 Å². The lowest BCUT2D eigenvalue weighted by atomic mass is 10.2. The number of rotatable bonds is 8. The molecule has 1 aliphatic rings. The van der Waals surface area contributed by atoms with Gasteiger partial charge in [0.15, 0.2) is 0 Å². The van der Waals surface area contributed by atoms with E-state index in [1.54, 1.807) is 19.1 Å². The van der Waals surface area contributed by atoms with Crippen LogP contribution >= 0.6 is 11.3 Å². The van der Waals surface area contributed by atoms with E-state index in [2.05, 4.69) is 10.3 Å². The molecule has 1 amide bonds. The van der Waals surface area contributed by atoms with Crippen LogP contribution in [0.1, 0.15) is 37.4 Å². The third-order valence-electron chi connectivity index (χ3n) is 4.45. The highest BCUT2D eigenvalue weighted by Crippen LogP contribution is 2.31. The first-order valence-corrected chi connectivity index (χ1v) is 11.8. The summed E-state index contributed by atoms with van der Waals surface area (Å²) in [6.45, 7) is 5.20. The Hall–Kier alpha value is -1.97. The third-order valence-corrected chi connectivity index (χ3v) is 7.42. The molecule has 1 aromatic carbocycles. The van der Waals surface area contributed by atoms with Crippen molar-refractivity contribution in [3.63, 3.8) is 0 Å². The van der Waals surface area contributed by atoms with Crippen molar-refractivity contribution < 1.29 is 17.9 Å².